The summed E-state index contributed by atoms with van der Waals surface area (Å²) < 4.78 is 9.85. The van der Waals surface area contributed by atoms with E-state index in [4.69, 9.17) is 9.47 Å². The van der Waals surface area contributed by atoms with E-state index in [1.807, 2.05) is 20.8 Å². The Kier molecular flexibility index (Phi) is 5.97. The van der Waals surface area contributed by atoms with Crippen molar-refractivity contribution in [2.75, 3.05) is 6.61 Å². The van der Waals surface area contributed by atoms with Gasteiger partial charge in [-0.1, -0.05) is 0 Å². The first-order chi connectivity index (χ1) is 6.81. The van der Waals surface area contributed by atoms with Gasteiger partial charge < -0.3 is 9.47 Å². The highest BCUT2D eigenvalue weighted by atomic mass is 16.6. The molecule has 0 aliphatic carbocycles. The van der Waals surface area contributed by atoms with Crippen molar-refractivity contribution in [1.29, 1.82) is 0 Å². The minimum absolute atomic E-state index is 0.203. The zero-order valence-corrected chi connectivity index (χ0v) is 9.96. The van der Waals surface area contributed by atoms with Gasteiger partial charge in [0.15, 0.2) is 0 Å². The molecule has 0 bridgehead atoms. The molecule has 0 N–H and O–H groups in total. The van der Waals surface area contributed by atoms with E-state index in [1.54, 1.807) is 0 Å². The molecule has 0 saturated heterocycles. The van der Waals surface area contributed by atoms with E-state index >= 15 is 0 Å². The van der Waals surface area contributed by atoms with Gasteiger partial charge in [-0.15, -0.1) is 0 Å². The van der Waals surface area contributed by atoms with E-state index in [0.29, 0.717) is 25.9 Å². The van der Waals surface area contributed by atoms with Crippen LogP contribution in [0.25, 0.3) is 0 Å². The summed E-state index contributed by atoms with van der Waals surface area (Å²) in [6.45, 7) is 7.25. The molecule has 0 rings (SSSR count). The van der Waals surface area contributed by atoms with Crippen LogP contribution in [0, 0.1) is 0 Å². The maximum absolute atomic E-state index is 11.2. The highest BCUT2D eigenvalue weighted by molar-refractivity contribution is 5.69. The average Bonchev–Trinajstić information content (AvgIpc) is 1.99. The highest BCUT2D eigenvalue weighted by Gasteiger charge is 2.15. The van der Waals surface area contributed by atoms with Crippen molar-refractivity contribution in [2.45, 2.75) is 52.6 Å². The van der Waals surface area contributed by atoms with Crippen LogP contribution in [-0.4, -0.2) is 24.1 Å². The normalized spacial score (nSPS) is 10.9. The van der Waals surface area contributed by atoms with Crippen LogP contribution in [0.5, 0.6) is 0 Å². The summed E-state index contributed by atoms with van der Waals surface area (Å²) in [6, 6.07) is 0. The molecule has 4 heteroatoms. The number of hydrogen-bond donors (Lipinski definition) is 0. The Balaban J connectivity index is 3.44. The Bertz CT molecular complexity index is 215. The molecule has 88 valence electrons. The minimum Gasteiger partial charge on any atom is -0.466 e. The second kappa shape index (κ2) is 6.43. The van der Waals surface area contributed by atoms with Crippen LogP contribution in [0.2, 0.25) is 0 Å². The van der Waals surface area contributed by atoms with Gasteiger partial charge in [0.05, 0.1) is 6.61 Å². The van der Waals surface area contributed by atoms with Crippen LogP contribution >= 0.6 is 0 Å². The molecule has 0 saturated carbocycles. The quantitative estimate of drug-likeness (QED) is 0.521. The van der Waals surface area contributed by atoms with Crippen molar-refractivity contribution >= 4 is 11.9 Å². The van der Waals surface area contributed by atoms with Crippen molar-refractivity contribution in [1.82, 2.24) is 0 Å². The van der Waals surface area contributed by atoms with E-state index < -0.39 is 5.60 Å². The Labute approximate surface area is 90.9 Å². The molecule has 15 heavy (non-hydrogen) atoms. The van der Waals surface area contributed by atoms with E-state index in [0.717, 1.165) is 0 Å². The molecular formula is C11H20O4. The van der Waals surface area contributed by atoms with Crippen LogP contribution in [0.15, 0.2) is 0 Å². The highest BCUT2D eigenvalue weighted by Crippen LogP contribution is 2.09. The molecule has 4 nitrogen and oxygen atoms in total. The third-order valence-electron chi connectivity index (χ3n) is 1.50. The molecule has 0 atom stereocenters. The standard InChI is InChI=1S/C11H20O4/c1-9(12)14-8-6-5-7-10(13)15-11(2,3)4/h5-8H2,1-4H3. The molecule has 0 aliphatic heterocycles. The zero-order chi connectivity index (χ0) is 11.9. The maximum atomic E-state index is 11.2. The van der Waals surface area contributed by atoms with E-state index in [2.05, 4.69) is 0 Å². The van der Waals surface area contributed by atoms with Crippen LogP contribution in [0.3, 0.4) is 0 Å². The van der Waals surface area contributed by atoms with Gasteiger partial charge in [-0.3, -0.25) is 9.59 Å². The van der Waals surface area contributed by atoms with Gasteiger partial charge in [0, 0.05) is 13.3 Å². The predicted octanol–water partition coefficient (Wildman–Crippen LogP) is 2.06. The van der Waals surface area contributed by atoms with Gasteiger partial charge in [-0.05, 0) is 33.6 Å². The third-order valence-corrected chi connectivity index (χ3v) is 1.50. The number of unbranched alkanes of at least 4 members (excludes halogenated alkanes) is 1. The molecule has 0 aromatic rings. The van der Waals surface area contributed by atoms with Crippen LogP contribution < -0.4 is 0 Å². The SMILES string of the molecule is CC(=O)OCCCCC(=O)OC(C)(C)C. The minimum atomic E-state index is -0.424. The fourth-order valence-corrected chi connectivity index (χ4v) is 0.980. The lowest BCUT2D eigenvalue weighted by molar-refractivity contribution is -0.154. The largest absolute Gasteiger partial charge is 0.466 e. The zero-order valence-electron chi connectivity index (χ0n) is 9.96. The van der Waals surface area contributed by atoms with E-state index in [9.17, 15) is 9.59 Å². The van der Waals surface area contributed by atoms with Crippen LogP contribution in [-0.2, 0) is 19.1 Å². The average molecular weight is 216 g/mol. The van der Waals surface area contributed by atoms with Crippen LogP contribution in [0.1, 0.15) is 47.0 Å². The van der Waals surface area contributed by atoms with Crippen molar-refractivity contribution in [3.8, 4) is 0 Å². The molecule has 0 radical (unpaired) electrons. The van der Waals surface area contributed by atoms with Crippen LogP contribution in [0.4, 0.5) is 0 Å². The maximum Gasteiger partial charge on any atom is 0.306 e. The van der Waals surface area contributed by atoms with Gasteiger partial charge in [0.25, 0.3) is 0 Å². The van der Waals surface area contributed by atoms with Crippen molar-refractivity contribution in [2.24, 2.45) is 0 Å². The lowest BCUT2D eigenvalue weighted by atomic mass is 10.2. The van der Waals surface area contributed by atoms with Crippen molar-refractivity contribution in [3.63, 3.8) is 0 Å². The van der Waals surface area contributed by atoms with E-state index in [1.165, 1.54) is 6.92 Å². The molecule has 0 amide bonds. The first-order valence-corrected chi connectivity index (χ1v) is 5.16. The number of carbonyl (C=O) groups is 2. The summed E-state index contributed by atoms with van der Waals surface area (Å²) in [5, 5.41) is 0. The molecule has 0 aromatic carbocycles. The first-order valence-electron chi connectivity index (χ1n) is 5.16. The molecule has 0 spiro atoms. The molecular weight excluding hydrogens is 196 g/mol. The topological polar surface area (TPSA) is 52.6 Å². The Morgan fingerprint density at radius 1 is 1.13 bits per heavy atom. The van der Waals surface area contributed by atoms with Crippen molar-refractivity contribution < 1.29 is 19.1 Å². The Morgan fingerprint density at radius 3 is 2.20 bits per heavy atom. The molecule has 0 heterocycles. The molecule has 0 fully saturated rings. The molecule has 0 aromatic heterocycles. The van der Waals surface area contributed by atoms with Gasteiger partial charge in [-0.25, -0.2) is 0 Å². The lowest BCUT2D eigenvalue weighted by Crippen LogP contribution is -2.23. The summed E-state index contributed by atoms with van der Waals surface area (Å²) in [7, 11) is 0. The summed E-state index contributed by atoms with van der Waals surface area (Å²) in [4.78, 5) is 21.6. The fraction of sp³-hybridized carbons (Fsp3) is 0.818. The monoisotopic (exact) mass is 216 g/mol. The lowest BCUT2D eigenvalue weighted by Gasteiger charge is -2.19. The first kappa shape index (κ1) is 13.9. The summed E-state index contributed by atoms with van der Waals surface area (Å²) in [6.07, 6.45) is 1.75. The summed E-state index contributed by atoms with van der Waals surface area (Å²) >= 11 is 0. The summed E-state index contributed by atoms with van der Waals surface area (Å²) in [5.41, 5.74) is -0.424. The Hall–Kier alpha value is -1.06. The molecule has 0 aliphatic rings. The number of hydrogen-bond acceptors (Lipinski definition) is 4. The number of carbonyl (C=O) groups excluding carboxylic acids is 2. The predicted molar refractivity (Wildman–Crippen MR) is 56.3 cm³/mol. The van der Waals surface area contributed by atoms with Crippen molar-refractivity contribution in [3.05, 3.63) is 0 Å². The third kappa shape index (κ3) is 10.9. The number of ether oxygens (including phenoxy) is 2. The summed E-state index contributed by atoms with van der Waals surface area (Å²) in [5.74, 6) is -0.488. The Morgan fingerprint density at radius 2 is 1.73 bits per heavy atom. The second-order valence-electron chi connectivity index (χ2n) is 4.38. The smallest absolute Gasteiger partial charge is 0.306 e. The van der Waals surface area contributed by atoms with Gasteiger partial charge in [-0.2, -0.15) is 0 Å². The molecule has 0 unspecified atom stereocenters. The second-order valence-corrected chi connectivity index (χ2v) is 4.38. The number of esters is 2. The van der Waals surface area contributed by atoms with Gasteiger partial charge in [0.2, 0.25) is 0 Å². The van der Waals surface area contributed by atoms with Gasteiger partial charge >= 0.3 is 11.9 Å². The fourth-order valence-electron chi connectivity index (χ4n) is 0.980. The van der Waals surface area contributed by atoms with E-state index in [-0.39, 0.29) is 11.9 Å². The van der Waals surface area contributed by atoms with Gasteiger partial charge in [0.1, 0.15) is 5.60 Å². The number of rotatable bonds is 5.